The molecule has 2 aromatic rings. The Morgan fingerprint density at radius 3 is 2.79 bits per heavy atom. The first-order chi connectivity index (χ1) is 8.77. The van der Waals surface area contributed by atoms with Crippen molar-refractivity contribution >= 4 is 11.8 Å². The van der Waals surface area contributed by atoms with Gasteiger partial charge in [-0.15, -0.1) is 5.10 Å². The van der Waals surface area contributed by atoms with E-state index in [1.54, 1.807) is 16.4 Å². The topological polar surface area (TPSA) is 55.6 Å². The fourth-order valence-electron chi connectivity index (χ4n) is 1.59. The summed E-state index contributed by atoms with van der Waals surface area (Å²) in [5.41, 5.74) is 2.68. The van der Waals surface area contributed by atoms with E-state index in [1.807, 2.05) is 7.05 Å². The van der Waals surface area contributed by atoms with Crippen LogP contribution in [0.25, 0.3) is 0 Å². The van der Waals surface area contributed by atoms with E-state index in [0.29, 0.717) is 0 Å². The Hall–Kier alpha value is -1.11. The molecule has 0 bridgehead atoms. The van der Waals surface area contributed by atoms with Gasteiger partial charge in [-0.05, 0) is 28.5 Å². The zero-order chi connectivity index (χ0) is 12.8. The molecule has 0 saturated carbocycles. The fourth-order valence-corrected chi connectivity index (χ4v) is 2.34. The molecule has 0 aliphatic rings. The normalized spacial score (nSPS) is 10.2. The lowest BCUT2D eigenvalue weighted by Gasteiger charge is -2.06. The second-order valence-electron chi connectivity index (χ2n) is 4.04. The van der Waals surface area contributed by atoms with E-state index in [2.05, 4.69) is 52.0 Å². The van der Waals surface area contributed by atoms with Gasteiger partial charge >= 0.3 is 0 Å². The Labute approximate surface area is 123 Å². The molecule has 2 rings (SSSR count). The first kappa shape index (κ1) is 15.9. The smallest absolute Gasteiger partial charge is 0.209 e. The van der Waals surface area contributed by atoms with Gasteiger partial charge in [0.1, 0.15) is 0 Å². The molecular weight excluding hydrogens is 282 g/mol. The molecule has 0 amide bonds. The lowest BCUT2D eigenvalue weighted by molar-refractivity contribution is -0.00000399. The van der Waals surface area contributed by atoms with Crippen molar-refractivity contribution in [3.8, 4) is 0 Å². The molecule has 0 aliphatic heterocycles. The van der Waals surface area contributed by atoms with Crippen molar-refractivity contribution in [2.45, 2.75) is 18.6 Å². The average molecular weight is 299 g/mol. The second-order valence-corrected chi connectivity index (χ2v) is 5.10. The number of hydrogen-bond acceptors (Lipinski definition) is 5. The van der Waals surface area contributed by atoms with Gasteiger partial charge in [0.2, 0.25) is 5.16 Å². The molecule has 1 aromatic heterocycles. The predicted octanol–water partition coefficient (Wildman–Crippen LogP) is -1.60. The highest BCUT2D eigenvalue weighted by atomic mass is 35.5. The number of nitrogens with one attached hydrogen (secondary N) is 1. The molecule has 5 nitrogen and oxygen atoms in total. The van der Waals surface area contributed by atoms with E-state index in [9.17, 15) is 0 Å². The second kappa shape index (κ2) is 8.14. The van der Waals surface area contributed by atoms with E-state index in [4.69, 9.17) is 0 Å². The Bertz CT molecular complexity index is 502. The molecule has 1 N–H and O–H groups in total. The van der Waals surface area contributed by atoms with Gasteiger partial charge < -0.3 is 17.7 Å². The molecule has 0 radical (unpaired) electrons. The number of tetrazole rings is 1. The first-order valence-corrected chi connectivity index (χ1v) is 6.86. The third-order valence-electron chi connectivity index (χ3n) is 2.67. The number of aryl methyl sites for hydroxylation is 2. The summed E-state index contributed by atoms with van der Waals surface area (Å²) in [6, 6.07) is 8.43. The van der Waals surface area contributed by atoms with Gasteiger partial charge in [0.15, 0.2) is 0 Å². The summed E-state index contributed by atoms with van der Waals surface area (Å²) in [5.74, 6) is 0.958. The highest BCUT2D eigenvalue weighted by Crippen LogP contribution is 2.11. The van der Waals surface area contributed by atoms with Crippen molar-refractivity contribution in [1.29, 1.82) is 0 Å². The number of aromatic nitrogens is 4. The van der Waals surface area contributed by atoms with Crippen LogP contribution in [0.15, 0.2) is 29.4 Å². The van der Waals surface area contributed by atoms with Crippen molar-refractivity contribution in [1.82, 2.24) is 25.5 Å². The summed E-state index contributed by atoms with van der Waals surface area (Å²) in [4.78, 5) is 0. The van der Waals surface area contributed by atoms with Crippen LogP contribution in [0.2, 0.25) is 0 Å². The average Bonchev–Trinajstić information content (AvgIpc) is 2.77. The van der Waals surface area contributed by atoms with Crippen molar-refractivity contribution in [3.05, 3.63) is 35.4 Å². The van der Waals surface area contributed by atoms with Crippen molar-refractivity contribution < 1.29 is 12.4 Å². The number of halogens is 1. The number of rotatable bonds is 6. The maximum atomic E-state index is 3.92. The molecular formula is C12H17ClN5S-. The zero-order valence-electron chi connectivity index (χ0n) is 11.0. The fraction of sp³-hybridized carbons (Fsp3) is 0.417. The van der Waals surface area contributed by atoms with Crippen LogP contribution in [0.4, 0.5) is 0 Å². The van der Waals surface area contributed by atoms with E-state index >= 15 is 0 Å². The van der Waals surface area contributed by atoms with Gasteiger partial charge in [-0.1, -0.05) is 36.0 Å². The lowest BCUT2D eigenvalue weighted by Crippen LogP contribution is -3.00. The van der Waals surface area contributed by atoms with Crippen molar-refractivity contribution in [2.75, 3.05) is 12.3 Å². The van der Waals surface area contributed by atoms with Gasteiger partial charge in [0.05, 0.1) is 0 Å². The molecule has 0 saturated heterocycles. The largest absolute Gasteiger partial charge is 1.00 e. The third-order valence-corrected chi connectivity index (χ3v) is 3.68. The number of thioether (sulfide) groups is 1. The van der Waals surface area contributed by atoms with Gasteiger partial charge in [0.25, 0.3) is 0 Å². The van der Waals surface area contributed by atoms with Crippen LogP contribution in [0.3, 0.4) is 0 Å². The molecule has 0 atom stereocenters. The lowest BCUT2D eigenvalue weighted by atomic mass is 10.1. The molecule has 19 heavy (non-hydrogen) atoms. The monoisotopic (exact) mass is 298 g/mol. The Morgan fingerprint density at radius 1 is 1.32 bits per heavy atom. The van der Waals surface area contributed by atoms with Gasteiger partial charge in [-0.3, -0.25) is 0 Å². The molecule has 1 heterocycles. The molecule has 1 aromatic carbocycles. The van der Waals surface area contributed by atoms with Crippen LogP contribution in [-0.2, 0) is 13.6 Å². The summed E-state index contributed by atoms with van der Waals surface area (Å²) >= 11 is 1.66. The highest BCUT2D eigenvalue weighted by molar-refractivity contribution is 7.99. The van der Waals surface area contributed by atoms with E-state index < -0.39 is 0 Å². The molecule has 7 heteroatoms. The zero-order valence-corrected chi connectivity index (χ0v) is 12.6. The minimum absolute atomic E-state index is 0. The van der Waals surface area contributed by atoms with Crippen molar-refractivity contribution in [2.24, 2.45) is 7.05 Å². The van der Waals surface area contributed by atoms with E-state index in [-0.39, 0.29) is 12.4 Å². The predicted molar refractivity (Wildman–Crippen MR) is 72.4 cm³/mol. The number of nitrogens with zero attached hydrogens (tertiary/aromatic N) is 4. The minimum atomic E-state index is 0. The van der Waals surface area contributed by atoms with Crippen LogP contribution >= 0.6 is 11.8 Å². The third kappa shape index (κ3) is 4.81. The molecule has 0 unspecified atom stereocenters. The molecule has 0 aliphatic carbocycles. The quantitative estimate of drug-likeness (QED) is 0.514. The highest BCUT2D eigenvalue weighted by Gasteiger charge is 2.02. The van der Waals surface area contributed by atoms with Crippen LogP contribution in [-0.4, -0.2) is 32.5 Å². The van der Waals surface area contributed by atoms with Gasteiger partial charge in [-0.25, -0.2) is 4.68 Å². The first-order valence-electron chi connectivity index (χ1n) is 5.88. The number of benzene rings is 1. The Kier molecular flexibility index (Phi) is 6.83. The molecule has 0 spiro atoms. The molecule has 0 fully saturated rings. The van der Waals surface area contributed by atoms with Gasteiger partial charge in [-0.2, -0.15) is 0 Å². The van der Waals surface area contributed by atoms with E-state index in [0.717, 1.165) is 24.0 Å². The van der Waals surface area contributed by atoms with Crippen LogP contribution in [0.1, 0.15) is 11.1 Å². The van der Waals surface area contributed by atoms with Gasteiger partial charge in [0, 0.05) is 25.9 Å². The summed E-state index contributed by atoms with van der Waals surface area (Å²) in [6.45, 7) is 3.98. The maximum Gasteiger partial charge on any atom is 0.209 e. The minimum Gasteiger partial charge on any atom is -1.00 e. The van der Waals surface area contributed by atoms with Crippen molar-refractivity contribution in [3.63, 3.8) is 0 Å². The Morgan fingerprint density at radius 2 is 2.11 bits per heavy atom. The summed E-state index contributed by atoms with van der Waals surface area (Å²) < 4.78 is 1.69. The van der Waals surface area contributed by atoms with Crippen LogP contribution in [0, 0.1) is 6.92 Å². The summed E-state index contributed by atoms with van der Waals surface area (Å²) in [5, 5.41) is 15.6. The number of hydrogen-bond donors (Lipinski definition) is 1. The Balaban J connectivity index is 0.00000180. The summed E-state index contributed by atoms with van der Waals surface area (Å²) in [6.07, 6.45) is 0. The van der Waals surface area contributed by atoms with Crippen LogP contribution in [0.5, 0.6) is 0 Å². The molecule has 104 valence electrons. The van der Waals surface area contributed by atoms with Crippen LogP contribution < -0.4 is 17.7 Å². The SMILES string of the molecule is Cc1ccccc1CNCCSc1nnnn1C.[Cl-]. The summed E-state index contributed by atoms with van der Waals surface area (Å²) in [7, 11) is 1.85. The standard InChI is InChI=1S/C12H17N5S.ClH/c1-10-5-3-4-6-11(10)9-13-7-8-18-12-14-15-16-17(12)2;/h3-6,13H,7-9H2,1-2H3;1H/p-1. The maximum absolute atomic E-state index is 3.92. The van der Waals surface area contributed by atoms with E-state index in [1.165, 1.54) is 11.1 Å².